The molecule has 0 saturated heterocycles. The molecule has 0 amide bonds. The van der Waals surface area contributed by atoms with Crippen molar-refractivity contribution in [3.63, 3.8) is 0 Å². The number of aromatic nitrogens is 2. The third-order valence-electron chi connectivity index (χ3n) is 3.05. The highest BCUT2D eigenvalue weighted by Crippen LogP contribution is 2.11. The summed E-state index contributed by atoms with van der Waals surface area (Å²) < 4.78 is 7.47. The van der Waals surface area contributed by atoms with Gasteiger partial charge in [0, 0.05) is 26.0 Å². The average Bonchev–Trinajstić information content (AvgIpc) is 2.84. The first-order valence-corrected chi connectivity index (χ1v) is 6.69. The van der Waals surface area contributed by atoms with Gasteiger partial charge in [-0.3, -0.25) is 0 Å². The van der Waals surface area contributed by atoms with Gasteiger partial charge in [0.2, 0.25) is 0 Å². The Morgan fingerprint density at radius 3 is 2.75 bits per heavy atom. The highest BCUT2D eigenvalue weighted by molar-refractivity contribution is 5.26. The van der Waals surface area contributed by atoms with E-state index in [1.165, 1.54) is 5.56 Å². The molecular formula is C15H21N3O2. The molecule has 2 aromatic rings. The molecule has 5 heteroatoms. The fourth-order valence-corrected chi connectivity index (χ4v) is 1.80. The van der Waals surface area contributed by atoms with E-state index in [-0.39, 0.29) is 6.61 Å². The van der Waals surface area contributed by atoms with Crippen LogP contribution in [0, 0.1) is 6.92 Å². The normalized spacial score (nSPS) is 12.3. The number of nitrogens with one attached hydrogen (secondary N) is 1. The molecule has 1 aromatic carbocycles. The number of benzene rings is 1. The molecule has 0 aliphatic heterocycles. The Hall–Kier alpha value is -1.85. The molecule has 0 spiro atoms. The smallest absolute Gasteiger partial charge is 0.122 e. The van der Waals surface area contributed by atoms with Crippen molar-refractivity contribution in [3.8, 4) is 5.75 Å². The summed E-state index contributed by atoms with van der Waals surface area (Å²) in [6.45, 7) is 3.40. The van der Waals surface area contributed by atoms with Crippen molar-refractivity contribution in [2.75, 3.05) is 13.2 Å². The zero-order valence-electron chi connectivity index (χ0n) is 11.9. The van der Waals surface area contributed by atoms with Crippen molar-refractivity contribution < 1.29 is 9.84 Å². The summed E-state index contributed by atoms with van der Waals surface area (Å²) >= 11 is 0. The highest BCUT2D eigenvalue weighted by Gasteiger charge is 2.06. The van der Waals surface area contributed by atoms with Crippen LogP contribution in [0.4, 0.5) is 0 Å². The number of aryl methyl sites for hydroxylation is 2. The lowest BCUT2D eigenvalue weighted by atomic mass is 10.2. The fraction of sp³-hybridized carbons (Fsp3) is 0.400. The van der Waals surface area contributed by atoms with Crippen molar-refractivity contribution in [2.45, 2.75) is 19.6 Å². The molecule has 1 heterocycles. The molecule has 2 N–H and O–H groups in total. The number of aliphatic hydroxyl groups excluding tert-OH is 1. The van der Waals surface area contributed by atoms with Crippen LogP contribution in [-0.4, -0.2) is 33.9 Å². The zero-order valence-corrected chi connectivity index (χ0v) is 11.9. The predicted octanol–water partition coefficient (Wildman–Crippen LogP) is 1.26. The van der Waals surface area contributed by atoms with Crippen LogP contribution in [0.5, 0.6) is 5.75 Å². The first-order valence-electron chi connectivity index (χ1n) is 6.69. The molecular weight excluding hydrogens is 254 g/mol. The Morgan fingerprint density at radius 2 is 2.10 bits per heavy atom. The summed E-state index contributed by atoms with van der Waals surface area (Å²) in [5, 5.41) is 13.0. The van der Waals surface area contributed by atoms with E-state index >= 15 is 0 Å². The van der Waals surface area contributed by atoms with Crippen LogP contribution in [0.2, 0.25) is 0 Å². The topological polar surface area (TPSA) is 59.3 Å². The second-order valence-electron chi connectivity index (χ2n) is 4.86. The summed E-state index contributed by atoms with van der Waals surface area (Å²) in [7, 11) is 1.95. The molecule has 1 unspecified atom stereocenters. The summed E-state index contributed by atoms with van der Waals surface area (Å²) in [6, 6.07) is 7.79. The van der Waals surface area contributed by atoms with E-state index in [2.05, 4.69) is 10.3 Å². The van der Waals surface area contributed by atoms with Gasteiger partial charge in [0.1, 0.15) is 24.3 Å². The number of imidazole rings is 1. The zero-order chi connectivity index (χ0) is 14.4. The molecule has 0 aliphatic carbocycles. The lowest BCUT2D eigenvalue weighted by Crippen LogP contribution is -2.31. The van der Waals surface area contributed by atoms with Crippen molar-refractivity contribution >= 4 is 0 Å². The van der Waals surface area contributed by atoms with Gasteiger partial charge in [0.15, 0.2) is 0 Å². The predicted molar refractivity (Wildman–Crippen MR) is 77.6 cm³/mol. The van der Waals surface area contributed by atoms with E-state index in [0.29, 0.717) is 13.1 Å². The van der Waals surface area contributed by atoms with Gasteiger partial charge in [-0.25, -0.2) is 4.98 Å². The van der Waals surface area contributed by atoms with Crippen molar-refractivity contribution in [1.29, 1.82) is 0 Å². The van der Waals surface area contributed by atoms with Gasteiger partial charge in [0.05, 0.1) is 6.54 Å². The number of aliphatic hydroxyl groups is 1. The largest absolute Gasteiger partial charge is 0.491 e. The minimum Gasteiger partial charge on any atom is -0.491 e. The summed E-state index contributed by atoms with van der Waals surface area (Å²) in [5.41, 5.74) is 1.19. The van der Waals surface area contributed by atoms with Crippen LogP contribution in [0.15, 0.2) is 36.7 Å². The fourth-order valence-electron chi connectivity index (χ4n) is 1.80. The molecule has 2 rings (SSSR count). The lowest BCUT2D eigenvalue weighted by molar-refractivity contribution is 0.106. The Labute approximate surface area is 119 Å². The van der Waals surface area contributed by atoms with Gasteiger partial charge >= 0.3 is 0 Å². The molecule has 0 fully saturated rings. The summed E-state index contributed by atoms with van der Waals surface area (Å²) in [5.74, 6) is 1.72. The summed E-state index contributed by atoms with van der Waals surface area (Å²) in [6.07, 6.45) is 3.11. The van der Waals surface area contributed by atoms with E-state index in [1.54, 1.807) is 6.20 Å². The number of ether oxygens (including phenoxy) is 1. The molecule has 0 bridgehead atoms. The van der Waals surface area contributed by atoms with Crippen molar-refractivity contribution in [1.82, 2.24) is 14.9 Å². The van der Waals surface area contributed by atoms with Crippen LogP contribution in [0.3, 0.4) is 0 Å². The van der Waals surface area contributed by atoms with Gasteiger partial charge in [-0.1, -0.05) is 17.7 Å². The van der Waals surface area contributed by atoms with E-state index in [1.807, 2.05) is 49.0 Å². The molecule has 0 saturated carbocycles. The number of rotatable bonds is 7. The Morgan fingerprint density at radius 1 is 1.35 bits per heavy atom. The van der Waals surface area contributed by atoms with Crippen molar-refractivity contribution in [3.05, 3.63) is 48.0 Å². The maximum Gasteiger partial charge on any atom is 0.122 e. The van der Waals surface area contributed by atoms with Gasteiger partial charge in [-0.05, 0) is 19.1 Å². The van der Waals surface area contributed by atoms with E-state index in [4.69, 9.17) is 4.74 Å². The minimum absolute atomic E-state index is 0.274. The lowest BCUT2D eigenvalue weighted by Gasteiger charge is -2.13. The third-order valence-corrected chi connectivity index (χ3v) is 3.05. The first kappa shape index (κ1) is 14.6. The van der Waals surface area contributed by atoms with Crippen LogP contribution in [-0.2, 0) is 13.6 Å². The third kappa shape index (κ3) is 4.36. The molecule has 20 heavy (non-hydrogen) atoms. The van der Waals surface area contributed by atoms with Crippen LogP contribution in [0.1, 0.15) is 11.4 Å². The molecule has 0 aliphatic rings. The van der Waals surface area contributed by atoms with Crippen LogP contribution >= 0.6 is 0 Å². The highest BCUT2D eigenvalue weighted by atomic mass is 16.5. The number of hydrogen-bond donors (Lipinski definition) is 2. The minimum atomic E-state index is -0.545. The van der Waals surface area contributed by atoms with E-state index < -0.39 is 6.10 Å². The monoisotopic (exact) mass is 275 g/mol. The molecule has 1 atom stereocenters. The van der Waals surface area contributed by atoms with Gasteiger partial charge in [-0.15, -0.1) is 0 Å². The van der Waals surface area contributed by atoms with Gasteiger partial charge < -0.3 is 19.7 Å². The summed E-state index contributed by atoms with van der Waals surface area (Å²) in [4.78, 5) is 4.20. The van der Waals surface area contributed by atoms with Crippen LogP contribution in [0.25, 0.3) is 0 Å². The Bertz CT molecular complexity index is 522. The quantitative estimate of drug-likeness (QED) is 0.798. The molecule has 108 valence electrons. The molecule has 1 aromatic heterocycles. The first-order chi connectivity index (χ1) is 9.65. The Balaban J connectivity index is 1.66. The van der Waals surface area contributed by atoms with Gasteiger partial charge in [0.25, 0.3) is 0 Å². The maximum atomic E-state index is 9.85. The van der Waals surface area contributed by atoms with Crippen molar-refractivity contribution in [2.24, 2.45) is 7.05 Å². The molecule has 0 radical (unpaired) electrons. The van der Waals surface area contributed by atoms with Gasteiger partial charge in [-0.2, -0.15) is 0 Å². The average molecular weight is 275 g/mol. The second-order valence-corrected chi connectivity index (χ2v) is 4.86. The number of nitrogens with zero attached hydrogens (tertiary/aromatic N) is 2. The Kier molecular flexibility index (Phi) is 5.15. The SMILES string of the molecule is Cc1ccc(OCC(O)CNCc2nccn2C)cc1. The second kappa shape index (κ2) is 7.07. The van der Waals surface area contributed by atoms with E-state index in [0.717, 1.165) is 11.6 Å². The number of hydrogen-bond acceptors (Lipinski definition) is 4. The standard InChI is InChI=1S/C15H21N3O2/c1-12-3-5-14(6-4-12)20-11-13(19)9-16-10-15-17-7-8-18(15)2/h3-8,13,16,19H,9-11H2,1-2H3. The van der Waals surface area contributed by atoms with E-state index in [9.17, 15) is 5.11 Å². The van der Waals surface area contributed by atoms with Crippen LogP contribution < -0.4 is 10.1 Å². The molecule has 5 nitrogen and oxygen atoms in total. The maximum absolute atomic E-state index is 9.85.